The minimum absolute atomic E-state index is 0.164. The third kappa shape index (κ3) is 4.42. The van der Waals surface area contributed by atoms with Gasteiger partial charge in [-0.1, -0.05) is 0 Å². The summed E-state index contributed by atoms with van der Waals surface area (Å²) in [6.07, 6.45) is -4.50. The highest BCUT2D eigenvalue weighted by Crippen LogP contribution is 2.17. The lowest BCUT2D eigenvalue weighted by molar-refractivity contribution is -0.174. The van der Waals surface area contributed by atoms with Crippen molar-refractivity contribution >= 4 is 17.8 Å². The van der Waals surface area contributed by atoms with Crippen LogP contribution in [0, 0.1) is 5.92 Å². The van der Waals surface area contributed by atoms with Gasteiger partial charge in [-0.25, -0.2) is 0 Å². The molecule has 0 aromatic heterocycles. The smallest absolute Gasteiger partial charge is 0.471 e. The molecule has 1 saturated heterocycles. The molecule has 19 heavy (non-hydrogen) atoms. The van der Waals surface area contributed by atoms with Crippen molar-refractivity contribution in [3.8, 4) is 0 Å². The Bertz CT molecular complexity index is 375. The molecule has 0 aliphatic carbocycles. The summed E-state index contributed by atoms with van der Waals surface area (Å²) in [5.41, 5.74) is 0. The Morgan fingerprint density at radius 1 is 1.21 bits per heavy atom. The van der Waals surface area contributed by atoms with Gasteiger partial charge in [-0.2, -0.15) is 13.2 Å². The highest BCUT2D eigenvalue weighted by molar-refractivity contribution is 5.87. The van der Waals surface area contributed by atoms with E-state index < -0.39 is 36.4 Å². The molecular weight excluding hydrogens is 269 g/mol. The Hall–Kier alpha value is -1.80. The van der Waals surface area contributed by atoms with E-state index in [0.717, 1.165) is 0 Å². The number of rotatable bonds is 3. The molecule has 0 atom stereocenters. The van der Waals surface area contributed by atoms with E-state index in [-0.39, 0.29) is 25.9 Å². The van der Waals surface area contributed by atoms with Gasteiger partial charge in [0.05, 0.1) is 12.5 Å². The molecule has 0 unspecified atom stereocenters. The maximum absolute atomic E-state index is 11.9. The van der Waals surface area contributed by atoms with Gasteiger partial charge in [0.1, 0.15) is 0 Å². The van der Waals surface area contributed by atoms with E-state index >= 15 is 0 Å². The molecule has 1 fully saturated rings. The number of hydrogen-bond donors (Lipinski definition) is 2. The van der Waals surface area contributed by atoms with Crippen LogP contribution in [0.4, 0.5) is 13.2 Å². The largest absolute Gasteiger partial charge is 0.481 e. The second kappa shape index (κ2) is 5.89. The molecule has 2 N–H and O–H groups in total. The third-order valence-corrected chi connectivity index (χ3v) is 2.85. The minimum Gasteiger partial charge on any atom is -0.481 e. The van der Waals surface area contributed by atoms with Crippen molar-refractivity contribution in [2.45, 2.75) is 19.0 Å². The topological polar surface area (TPSA) is 86.7 Å². The van der Waals surface area contributed by atoms with Crippen molar-refractivity contribution in [3.05, 3.63) is 0 Å². The van der Waals surface area contributed by atoms with Crippen molar-refractivity contribution < 1.29 is 32.7 Å². The first-order chi connectivity index (χ1) is 8.71. The summed E-state index contributed by atoms with van der Waals surface area (Å²) in [5.74, 6) is -4.30. The molecule has 0 radical (unpaired) electrons. The van der Waals surface area contributed by atoms with E-state index in [2.05, 4.69) is 0 Å². The SMILES string of the molecule is O=C(O)C1CCN(C(=O)CNC(=O)C(F)(F)F)CC1. The summed E-state index contributed by atoms with van der Waals surface area (Å²) in [5, 5.41) is 10.2. The zero-order valence-corrected chi connectivity index (χ0v) is 9.87. The van der Waals surface area contributed by atoms with E-state index in [4.69, 9.17) is 5.11 Å². The summed E-state index contributed by atoms with van der Waals surface area (Å²) in [7, 11) is 0. The first kappa shape index (κ1) is 15.3. The molecule has 0 bridgehead atoms. The average Bonchev–Trinajstić information content (AvgIpc) is 2.34. The standard InChI is InChI=1S/C10H13F3N2O4/c11-10(12,13)9(19)14-5-7(16)15-3-1-6(2-4-15)8(17)18/h6H,1-5H2,(H,14,19)(H,17,18). The van der Waals surface area contributed by atoms with Crippen LogP contribution in [0.25, 0.3) is 0 Å². The Kier molecular flexibility index (Phi) is 4.73. The number of likely N-dealkylation sites (tertiary alicyclic amines) is 1. The number of carbonyl (C=O) groups excluding carboxylic acids is 2. The normalized spacial score (nSPS) is 17.1. The zero-order chi connectivity index (χ0) is 14.6. The lowest BCUT2D eigenvalue weighted by Gasteiger charge is -2.30. The van der Waals surface area contributed by atoms with Crippen LogP contribution in [-0.2, 0) is 14.4 Å². The minimum atomic E-state index is -5.02. The summed E-state index contributed by atoms with van der Waals surface area (Å²) >= 11 is 0. The van der Waals surface area contributed by atoms with E-state index in [9.17, 15) is 27.6 Å². The highest BCUT2D eigenvalue weighted by atomic mass is 19.4. The fraction of sp³-hybridized carbons (Fsp3) is 0.700. The molecular formula is C10H13F3N2O4. The molecule has 1 aliphatic rings. The Balaban J connectivity index is 2.36. The maximum atomic E-state index is 11.9. The molecule has 0 spiro atoms. The first-order valence-corrected chi connectivity index (χ1v) is 5.57. The van der Waals surface area contributed by atoms with Gasteiger partial charge >= 0.3 is 18.1 Å². The van der Waals surface area contributed by atoms with E-state index in [1.165, 1.54) is 10.2 Å². The highest BCUT2D eigenvalue weighted by Gasteiger charge is 2.39. The first-order valence-electron chi connectivity index (χ1n) is 5.57. The van der Waals surface area contributed by atoms with Crippen molar-refractivity contribution in [1.82, 2.24) is 10.2 Å². The van der Waals surface area contributed by atoms with Crippen molar-refractivity contribution in [3.63, 3.8) is 0 Å². The number of hydrogen-bond acceptors (Lipinski definition) is 3. The molecule has 1 rings (SSSR count). The van der Waals surface area contributed by atoms with Crippen LogP contribution in [-0.4, -0.2) is 53.6 Å². The predicted octanol–water partition coefficient (Wildman–Crippen LogP) is -0.0119. The van der Waals surface area contributed by atoms with Crippen molar-refractivity contribution in [1.29, 1.82) is 0 Å². The van der Waals surface area contributed by atoms with Gasteiger partial charge in [0, 0.05) is 13.1 Å². The molecule has 108 valence electrons. The third-order valence-electron chi connectivity index (χ3n) is 2.85. The van der Waals surface area contributed by atoms with Crippen LogP contribution in [0.15, 0.2) is 0 Å². The average molecular weight is 282 g/mol. The number of alkyl halides is 3. The van der Waals surface area contributed by atoms with Crippen molar-refractivity contribution in [2.75, 3.05) is 19.6 Å². The molecule has 2 amide bonds. The van der Waals surface area contributed by atoms with Gasteiger partial charge < -0.3 is 15.3 Å². The Morgan fingerprint density at radius 3 is 2.16 bits per heavy atom. The van der Waals surface area contributed by atoms with E-state index in [1.807, 2.05) is 0 Å². The predicted molar refractivity (Wildman–Crippen MR) is 56.0 cm³/mol. The summed E-state index contributed by atoms with van der Waals surface area (Å²) in [4.78, 5) is 33.9. The molecule has 0 saturated carbocycles. The number of carbonyl (C=O) groups is 3. The second-order valence-corrected chi connectivity index (χ2v) is 4.17. The number of halogens is 3. The lowest BCUT2D eigenvalue weighted by atomic mass is 9.97. The Labute approximate surface area is 106 Å². The molecule has 0 aromatic rings. The van der Waals surface area contributed by atoms with Crippen LogP contribution in [0.2, 0.25) is 0 Å². The number of carboxylic acids is 1. The van der Waals surface area contributed by atoms with Crippen LogP contribution in [0.5, 0.6) is 0 Å². The number of amides is 2. The zero-order valence-electron chi connectivity index (χ0n) is 9.87. The molecule has 6 nitrogen and oxygen atoms in total. The molecule has 9 heteroatoms. The number of carboxylic acid groups (broad SMARTS) is 1. The van der Waals surface area contributed by atoms with Gasteiger partial charge in [-0.05, 0) is 12.8 Å². The van der Waals surface area contributed by atoms with E-state index in [0.29, 0.717) is 0 Å². The molecule has 1 aliphatic heterocycles. The fourth-order valence-electron chi connectivity index (χ4n) is 1.74. The fourth-order valence-corrected chi connectivity index (χ4v) is 1.74. The Morgan fingerprint density at radius 2 is 1.74 bits per heavy atom. The van der Waals surface area contributed by atoms with Crippen molar-refractivity contribution in [2.24, 2.45) is 5.92 Å². The summed E-state index contributed by atoms with van der Waals surface area (Å²) in [6.45, 7) is -0.411. The molecule has 0 aromatic carbocycles. The second-order valence-electron chi connectivity index (χ2n) is 4.17. The quantitative estimate of drug-likeness (QED) is 0.762. The van der Waals surface area contributed by atoms with Gasteiger partial charge in [-0.15, -0.1) is 0 Å². The monoisotopic (exact) mass is 282 g/mol. The van der Waals surface area contributed by atoms with Gasteiger partial charge in [0.25, 0.3) is 0 Å². The van der Waals surface area contributed by atoms with Crippen LogP contribution < -0.4 is 5.32 Å². The van der Waals surface area contributed by atoms with Gasteiger partial charge in [0.15, 0.2) is 0 Å². The number of piperidine rings is 1. The molecule has 1 heterocycles. The van der Waals surface area contributed by atoms with Gasteiger partial charge in [0.2, 0.25) is 5.91 Å². The number of nitrogens with zero attached hydrogens (tertiary/aromatic N) is 1. The van der Waals surface area contributed by atoms with Crippen LogP contribution in [0.3, 0.4) is 0 Å². The summed E-state index contributed by atoms with van der Waals surface area (Å²) < 4.78 is 35.6. The number of aliphatic carboxylic acids is 1. The van der Waals surface area contributed by atoms with E-state index in [1.54, 1.807) is 0 Å². The lowest BCUT2D eigenvalue weighted by Crippen LogP contribution is -2.47. The summed E-state index contributed by atoms with van der Waals surface area (Å²) in [6, 6.07) is 0. The number of nitrogens with one attached hydrogen (secondary N) is 1. The van der Waals surface area contributed by atoms with Crippen LogP contribution in [0.1, 0.15) is 12.8 Å². The van der Waals surface area contributed by atoms with Gasteiger partial charge in [-0.3, -0.25) is 14.4 Å². The maximum Gasteiger partial charge on any atom is 0.471 e. The van der Waals surface area contributed by atoms with Crippen LogP contribution >= 0.6 is 0 Å².